The minimum Gasteiger partial charge on any atom is -0.467 e. The second-order valence-electron chi connectivity index (χ2n) is 7.67. The molecule has 2 aromatic rings. The molecule has 2 aliphatic rings. The van der Waals surface area contributed by atoms with Gasteiger partial charge in [0, 0.05) is 25.9 Å². The first-order chi connectivity index (χ1) is 13.3. The molecule has 0 radical (unpaired) electrons. The lowest BCUT2D eigenvalue weighted by atomic mass is 9.98. The molecule has 2 aromatic carbocycles. The predicted octanol–water partition coefficient (Wildman–Crippen LogP) is 3.11. The van der Waals surface area contributed by atoms with Gasteiger partial charge in [0.05, 0.1) is 10.5 Å². The van der Waals surface area contributed by atoms with E-state index in [9.17, 15) is 13.2 Å². The van der Waals surface area contributed by atoms with Gasteiger partial charge < -0.3 is 10.1 Å². The van der Waals surface area contributed by atoms with E-state index >= 15 is 0 Å². The Labute approximate surface area is 165 Å². The molecule has 0 aliphatic carbocycles. The van der Waals surface area contributed by atoms with Crippen LogP contribution in [0.15, 0.2) is 53.4 Å². The van der Waals surface area contributed by atoms with E-state index in [0.29, 0.717) is 35.0 Å². The van der Waals surface area contributed by atoms with Crippen LogP contribution < -0.4 is 10.1 Å². The van der Waals surface area contributed by atoms with Gasteiger partial charge >= 0.3 is 0 Å². The summed E-state index contributed by atoms with van der Waals surface area (Å²) in [4.78, 5) is 12.7. The van der Waals surface area contributed by atoms with Crippen molar-refractivity contribution in [3.05, 3.63) is 59.7 Å². The molecule has 1 saturated heterocycles. The molecule has 2 aliphatic heterocycles. The van der Waals surface area contributed by atoms with Gasteiger partial charge in [0.1, 0.15) is 5.75 Å². The molecule has 4 rings (SSSR count). The van der Waals surface area contributed by atoms with Crippen molar-refractivity contribution in [3.8, 4) is 5.75 Å². The lowest BCUT2D eigenvalue weighted by Crippen LogP contribution is -2.61. The molecule has 2 heterocycles. The zero-order valence-electron chi connectivity index (χ0n) is 16.0. The number of nitrogens with zero attached hydrogens (tertiary/aromatic N) is 1. The number of para-hydroxylation sites is 1. The number of fused-ring (bicyclic) bond motifs is 1. The number of carbonyl (C=O) groups is 1. The quantitative estimate of drug-likeness (QED) is 0.859. The number of hydrogen-bond donors (Lipinski definition) is 1. The van der Waals surface area contributed by atoms with Crippen LogP contribution in [0.1, 0.15) is 48.5 Å². The van der Waals surface area contributed by atoms with Gasteiger partial charge in [-0.3, -0.25) is 4.79 Å². The SMILES string of the molecule is CC(C)c1ccc(S(=O)(=O)N2CCC3(CC2)NC(=O)c2ccccc2O3)cc1. The molecular formula is C21H24N2O4S. The predicted molar refractivity (Wildman–Crippen MR) is 106 cm³/mol. The van der Waals surface area contributed by atoms with Gasteiger partial charge in [0.25, 0.3) is 5.91 Å². The molecule has 28 heavy (non-hydrogen) atoms. The van der Waals surface area contributed by atoms with Crippen LogP contribution in [0.2, 0.25) is 0 Å². The van der Waals surface area contributed by atoms with Gasteiger partial charge in [-0.2, -0.15) is 4.31 Å². The van der Waals surface area contributed by atoms with Crippen LogP contribution in [0.3, 0.4) is 0 Å². The molecule has 0 unspecified atom stereocenters. The van der Waals surface area contributed by atoms with Crippen molar-refractivity contribution in [1.82, 2.24) is 9.62 Å². The molecule has 0 bridgehead atoms. The molecule has 7 heteroatoms. The maximum Gasteiger partial charge on any atom is 0.258 e. The van der Waals surface area contributed by atoms with E-state index in [4.69, 9.17) is 4.74 Å². The van der Waals surface area contributed by atoms with Gasteiger partial charge in [-0.05, 0) is 35.7 Å². The highest BCUT2D eigenvalue weighted by atomic mass is 32.2. The smallest absolute Gasteiger partial charge is 0.258 e. The number of sulfonamides is 1. The summed E-state index contributed by atoms with van der Waals surface area (Å²) in [5, 5.41) is 2.94. The summed E-state index contributed by atoms with van der Waals surface area (Å²) in [5.74, 6) is 0.718. The highest BCUT2D eigenvalue weighted by Crippen LogP contribution is 2.34. The number of amides is 1. The summed E-state index contributed by atoms with van der Waals surface area (Å²) in [6.07, 6.45) is 0.798. The van der Waals surface area contributed by atoms with E-state index in [2.05, 4.69) is 19.2 Å². The number of rotatable bonds is 3. The van der Waals surface area contributed by atoms with Crippen LogP contribution in [0.4, 0.5) is 0 Å². The Morgan fingerprint density at radius 3 is 2.32 bits per heavy atom. The highest BCUT2D eigenvalue weighted by Gasteiger charge is 2.44. The largest absolute Gasteiger partial charge is 0.467 e. The van der Waals surface area contributed by atoms with Crippen LogP contribution in [0, 0.1) is 0 Å². The average Bonchev–Trinajstić information content (AvgIpc) is 2.68. The maximum absolute atomic E-state index is 13.0. The lowest BCUT2D eigenvalue weighted by molar-refractivity contribution is -0.0155. The number of nitrogens with one attached hydrogen (secondary N) is 1. The molecule has 1 spiro atoms. The Kier molecular flexibility index (Phi) is 4.67. The average molecular weight is 401 g/mol. The van der Waals surface area contributed by atoms with E-state index < -0.39 is 15.7 Å². The van der Waals surface area contributed by atoms with Crippen molar-refractivity contribution in [2.45, 2.75) is 43.2 Å². The molecule has 1 amide bonds. The fourth-order valence-corrected chi connectivity index (χ4v) is 5.18. The van der Waals surface area contributed by atoms with Crippen molar-refractivity contribution in [1.29, 1.82) is 0 Å². The molecule has 6 nitrogen and oxygen atoms in total. The first-order valence-corrected chi connectivity index (χ1v) is 11.0. The van der Waals surface area contributed by atoms with Gasteiger partial charge in [-0.15, -0.1) is 0 Å². The minimum absolute atomic E-state index is 0.178. The summed E-state index contributed by atoms with van der Waals surface area (Å²) in [5.41, 5.74) is 0.765. The van der Waals surface area contributed by atoms with E-state index in [1.807, 2.05) is 18.2 Å². The molecule has 1 fully saturated rings. The second kappa shape index (κ2) is 6.90. The Balaban J connectivity index is 1.50. The van der Waals surface area contributed by atoms with Crippen molar-refractivity contribution in [3.63, 3.8) is 0 Å². The summed E-state index contributed by atoms with van der Waals surface area (Å²) in [6, 6.07) is 14.2. The number of carbonyl (C=O) groups excluding carboxylic acids is 1. The van der Waals surface area contributed by atoms with Crippen molar-refractivity contribution in [2.75, 3.05) is 13.1 Å². The Bertz CT molecular complexity index is 991. The van der Waals surface area contributed by atoms with Crippen LogP contribution in [0.25, 0.3) is 0 Å². The number of piperidine rings is 1. The summed E-state index contributed by atoms with van der Waals surface area (Å²) >= 11 is 0. The molecule has 148 valence electrons. The van der Waals surface area contributed by atoms with Crippen LogP contribution in [0.5, 0.6) is 5.75 Å². The standard InChI is InChI=1S/C21H24N2O4S/c1-15(2)16-7-9-17(10-8-16)28(25,26)23-13-11-21(12-14-23)22-20(24)18-5-3-4-6-19(18)27-21/h3-10,15H,11-14H2,1-2H3,(H,22,24). The van der Waals surface area contributed by atoms with E-state index in [-0.39, 0.29) is 19.0 Å². The third kappa shape index (κ3) is 3.29. The molecular weight excluding hydrogens is 376 g/mol. The molecule has 1 N–H and O–H groups in total. The van der Waals surface area contributed by atoms with Crippen molar-refractivity contribution < 1.29 is 17.9 Å². The van der Waals surface area contributed by atoms with Gasteiger partial charge in [-0.1, -0.05) is 38.1 Å². The van der Waals surface area contributed by atoms with Crippen molar-refractivity contribution >= 4 is 15.9 Å². The maximum atomic E-state index is 13.0. The van der Waals surface area contributed by atoms with E-state index in [1.165, 1.54) is 4.31 Å². The highest BCUT2D eigenvalue weighted by molar-refractivity contribution is 7.89. The van der Waals surface area contributed by atoms with Crippen molar-refractivity contribution in [2.24, 2.45) is 0 Å². The Hall–Kier alpha value is -2.38. The molecule has 0 atom stereocenters. The van der Waals surface area contributed by atoms with E-state index in [0.717, 1.165) is 5.56 Å². The fraction of sp³-hybridized carbons (Fsp3) is 0.381. The Morgan fingerprint density at radius 1 is 1.04 bits per heavy atom. The third-order valence-electron chi connectivity index (χ3n) is 5.49. The zero-order valence-corrected chi connectivity index (χ0v) is 16.8. The first kappa shape index (κ1) is 19.0. The molecule has 0 aromatic heterocycles. The zero-order chi connectivity index (χ0) is 19.9. The van der Waals surface area contributed by atoms with E-state index in [1.54, 1.807) is 30.3 Å². The number of benzene rings is 2. The topological polar surface area (TPSA) is 75.7 Å². The first-order valence-electron chi connectivity index (χ1n) is 9.51. The van der Waals surface area contributed by atoms with Gasteiger partial charge in [0.2, 0.25) is 10.0 Å². The monoisotopic (exact) mass is 400 g/mol. The summed E-state index contributed by atoms with van der Waals surface area (Å²) in [6.45, 7) is 4.72. The van der Waals surface area contributed by atoms with Crippen LogP contribution in [-0.4, -0.2) is 37.4 Å². The van der Waals surface area contributed by atoms with Gasteiger partial charge in [-0.25, -0.2) is 8.42 Å². The summed E-state index contributed by atoms with van der Waals surface area (Å²) in [7, 11) is -3.57. The normalized spacial score (nSPS) is 19.2. The lowest BCUT2D eigenvalue weighted by Gasteiger charge is -2.44. The third-order valence-corrected chi connectivity index (χ3v) is 7.41. The van der Waals surface area contributed by atoms with Crippen LogP contribution in [-0.2, 0) is 10.0 Å². The summed E-state index contributed by atoms with van der Waals surface area (Å²) < 4.78 is 33.6. The molecule has 0 saturated carbocycles. The van der Waals surface area contributed by atoms with Crippen LogP contribution >= 0.6 is 0 Å². The number of ether oxygens (including phenoxy) is 1. The fourth-order valence-electron chi connectivity index (χ4n) is 3.74. The minimum atomic E-state index is -3.57. The Morgan fingerprint density at radius 2 is 1.68 bits per heavy atom. The second-order valence-corrected chi connectivity index (χ2v) is 9.61. The van der Waals surface area contributed by atoms with Gasteiger partial charge in [0.15, 0.2) is 5.72 Å². The number of hydrogen-bond acceptors (Lipinski definition) is 4.